The van der Waals surface area contributed by atoms with Crippen LogP contribution in [0.25, 0.3) is 0 Å². The van der Waals surface area contributed by atoms with Gasteiger partial charge in [-0.3, -0.25) is 9.59 Å². The molecule has 0 saturated heterocycles. The number of aryl methyl sites for hydroxylation is 2. The normalized spacial score (nSPS) is 11.8. The molecule has 0 heterocycles. The number of carboxylic acids is 2. The monoisotopic (exact) mass is 361 g/mol. The predicted molar refractivity (Wildman–Crippen MR) is 97.9 cm³/mol. The van der Waals surface area contributed by atoms with Crippen molar-refractivity contribution in [2.75, 3.05) is 5.32 Å². The third-order valence-electron chi connectivity index (χ3n) is 4.06. The second-order valence-electron chi connectivity index (χ2n) is 5.82. The molecule has 3 N–H and O–H groups in total. The summed E-state index contributed by atoms with van der Waals surface area (Å²) in [6.45, 7) is 3.84. The maximum absolute atomic E-state index is 11.7. The molecule has 6 heteroatoms. The highest BCUT2D eigenvalue weighted by atomic mass is 35.5. The van der Waals surface area contributed by atoms with Crippen molar-refractivity contribution in [2.45, 2.75) is 32.6 Å². The van der Waals surface area contributed by atoms with E-state index >= 15 is 0 Å². The average molecular weight is 362 g/mol. The van der Waals surface area contributed by atoms with Crippen LogP contribution in [0.5, 0.6) is 0 Å². The van der Waals surface area contributed by atoms with Crippen LogP contribution in [0.3, 0.4) is 0 Å². The Kier molecular flexibility index (Phi) is 6.04. The Hall–Kier alpha value is -2.53. The number of hydrogen-bond donors (Lipinski definition) is 3. The first-order valence-electron chi connectivity index (χ1n) is 7.93. The number of carboxylic acid groups (broad SMARTS) is 2. The summed E-state index contributed by atoms with van der Waals surface area (Å²) < 4.78 is 0. The zero-order valence-corrected chi connectivity index (χ0v) is 14.8. The lowest BCUT2D eigenvalue weighted by molar-refractivity contribution is -0.145. The summed E-state index contributed by atoms with van der Waals surface area (Å²) in [5.41, 5.74) is 3.50. The zero-order chi connectivity index (χ0) is 18.6. The molecule has 2 aromatic carbocycles. The van der Waals surface area contributed by atoms with Gasteiger partial charge in [0.05, 0.1) is 23.0 Å². The van der Waals surface area contributed by atoms with Crippen LogP contribution in [-0.2, 0) is 16.0 Å². The number of aliphatic carboxylic acids is 2. The Balaban J connectivity index is 2.54. The fourth-order valence-corrected chi connectivity index (χ4v) is 2.93. The van der Waals surface area contributed by atoms with Crippen LogP contribution in [0.4, 0.5) is 11.4 Å². The van der Waals surface area contributed by atoms with Crippen molar-refractivity contribution in [1.82, 2.24) is 0 Å². The van der Waals surface area contributed by atoms with Gasteiger partial charge in [-0.2, -0.15) is 0 Å². The van der Waals surface area contributed by atoms with Gasteiger partial charge in [0.15, 0.2) is 0 Å². The highest BCUT2D eigenvalue weighted by Gasteiger charge is 2.26. The largest absolute Gasteiger partial charge is 0.481 e. The second-order valence-corrected chi connectivity index (χ2v) is 6.23. The van der Waals surface area contributed by atoms with E-state index in [0.29, 0.717) is 22.0 Å². The van der Waals surface area contributed by atoms with E-state index in [1.165, 1.54) is 0 Å². The summed E-state index contributed by atoms with van der Waals surface area (Å²) in [7, 11) is 0. The van der Waals surface area contributed by atoms with Crippen LogP contribution < -0.4 is 5.32 Å². The molecule has 0 fully saturated rings. The van der Waals surface area contributed by atoms with E-state index in [9.17, 15) is 14.7 Å². The highest BCUT2D eigenvalue weighted by molar-refractivity contribution is 6.33. The average Bonchev–Trinajstić information content (AvgIpc) is 2.56. The minimum absolute atomic E-state index is 0.438. The maximum atomic E-state index is 11.7. The fourth-order valence-electron chi connectivity index (χ4n) is 2.66. The molecule has 0 saturated carbocycles. The number of nitrogens with one attached hydrogen (secondary N) is 1. The first-order chi connectivity index (χ1) is 11.8. The zero-order valence-electron chi connectivity index (χ0n) is 14.0. The molecule has 5 nitrogen and oxygen atoms in total. The Bertz CT molecular complexity index is 784. The third-order valence-corrected chi connectivity index (χ3v) is 4.37. The molecule has 0 aliphatic heterocycles. The summed E-state index contributed by atoms with van der Waals surface area (Å²) in [6, 6.07) is 10.9. The topological polar surface area (TPSA) is 86.6 Å². The molecule has 2 rings (SSSR count). The van der Waals surface area contributed by atoms with Crippen molar-refractivity contribution < 1.29 is 19.8 Å². The van der Waals surface area contributed by atoms with Crippen molar-refractivity contribution in [3.8, 4) is 0 Å². The fraction of sp³-hybridized carbons (Fsp3) is 0.263. The Morgan fingerprint density at radius 2 is 1.92 bits per heavy atom. The summed E-state index contributed by atoms with van der Waals surface area (Å²) in [5, 5.41) is 22.3. The lowest BCUT2D eigenvalue weighted by atomic mass is 9.92. The Labute approximate surface area is 151 Å². The van der Waals surface area contributed by atoms with E-state index in [1.54, 1.807) is 18.2 Å². The SMILES string of the molecule is CCc1ccc(Nc2c(C)cccc2Cl)c(C(CC(=O)O)C(=O)O)c1. The van der Waals surface area contributed by atoms with Gasteiger partial charge in [-0.1, -0.05) is 42.8 Å². The standard InChI is InChI=1S/C19H20ClNO4/c1-3-12-7-8-16(21-18-11(2)5-4-6-15(18)20)13(9-12)14(19(24)25)10-17(22)23/h4-9,14,21H,3,10H2,1-2H3,(H,22,23)(H,24,25). The van der Waals surface area contributed by atoms with Gasteiger partial charge in [-0.15, -0.1) is 0 Å². The first kappa shape index (κ1) is 18.8. The first-order valence-corrected chi connectivity index (χ1v) is 8.30. The summed E-state index contributed by atoms with van der Waals surface area (Å²) in [4.78, 5) is 22.8. The maximum Gasteiger partial charge on any atom is 0.311 e. The number of benzene rings is 2. The summed E-state index contributed by atoms with van der Waals surface area (Å²) in [6.07, 6.45) is 0.233. The van der Waals surface area contributed by atoms with E-state index in [-0.39, 0.29) is 0 Å². The molecule has 0 aromatic heterocycles. The van der Waals surface area contributed by atoms with Crippen LogP contribution in [0.15, 0.2) is 36.4 Å². The lowest BCUT2D eigenvalue weighted by Gasteiger charge is -2.19. The number of rotatable bonds is 7. The van der Waals surface area contributed by atoms with Crippen molar-refractivity contribution in [2.24, 2.45) is 0 Å². The van der Waals surface area contributed by atoms with Gasteiger partial charge >= 0.3 is 11.9 Å². The molecule has 1 unspecified atom stereocenters. The van der Waals surface area contributed by atoms with Gasteiger partial charge in [0.25, 0.3) is 0 Å². The molecule has 25 heavy (non-hydrogen) atoms. The van der Waals surface area contributed by atoms with Crippen molar-refractivity contribution in [3.05, 3.63) is 58.1 Å². The molecule has 132 valence electrons. The highest BCUT2D eigenvalue weighted by Crippen LogP contribution is 2.34. The van der Waals surface area contributed by atoms with Gasteiger partial charge in [0.1, 0.15) is 0 Å². The van der Waals surface area contributed by atoms with E-state index in [2.05, 4.69) is 5.32 Å². The van der Waals surface area contributed by atoms with E-state index in [4.69, 9.17) is 16.7 Å². The number of carbonyl (C=O) groups is 2. The molecular weight excluding hydrogens is 342 g/mol. The summed E-state index contributed by atoms with van der Waals surface area (Å²) in [5.74, 6) is -3.47. The van der Waals surface area contributed by atoms with Crippen LogP contribution in [0.2, 0.25) is 5.02 Å². The van der Waals surface area contributed by atoms with Gasteiger partial charge < -0.3 is 15.5 Å². The van der Waals surface area contributed by atoms with E-state index in [1.807, 2.05) is 32.0 Å². The van der Waals surface area contributed by atoms with Gasteiger partial charge in [0, 0.05) is 5.69 Å². The van der Waals surface area contributed by atoms with Crippen LogP contribution in [-0.4, -0.2) is 22.2 Å². The molecule has 0 spiro atoms. The molecule has 2 aromatic rings. The van der Waals surface area contributed by atoms with E-state index in [0.717, 1.165) is 17.5 Å². The quantitative estimate of drug-likeness (QED) is 0.671. The van der Waals surface area contributed by atoms with Gasteiger partial charge in [-0.25, -0.2) is 0 Å². The smallest absolute Gasteiger partial charge is 0.311 e. The van der Waals surface area contributed by atoms with Crippen LogP contribution in [0.1, 0.15) is 36.0 Å². The molecule has 0 aliphatic rings. The van der Waals surface area contributed by atoms with Crippen molar-refractivity contribution >= 4 is 34.9 Å². The summed E-state index contributed by atoms with van der Waals surface area (Å²) >= 11 is 6.24. The Morgan fingerprint density at radius 1 is 1.20 bits per heavy atom. The minimum Gasteiger partial charge on any atom is -0.481 e. The molecule has 0 bridgehead atoms. The predicted octanol–water partition coefficient (Wildman–Crippen LogP) is 4.60. The van der Waals surface area contributed by atoms with Crippen molar-refractivity contribution in [1.29, 1.82) is 0 Å². The number of anilines is 2. The molecule has 0 radical (unpaired) electrons. The molecule has 0 aliphatic carbocycles. The van der Waals surface area contributed by atoms with Crippen LogP contribution in [0, 0.1) is 6.92 Å². The third kappa shape index (κ3) is 4.51. The lowest BCUT2D eigenvalue weighted by Crippen LogP contribution is -2.17. The van der Waals surface area contributed by atoms with Gasteiger partial charge in [0.2, 0.25) is 0 Å². The molecule has 1 atom stereocenters. The number of halogens is 1. The second kappa shape index (κ2) is 8.03. The number of para-hydroxylation sites is 1. The number of hydrogen-bond acceptors (Lipinski definition) is 3. The van der Waals surface area contributed by atoms with E-state index < -0.39 is 24.3 Å². The molecule has 0 amide bonds. The molecular formula is C19H20ClNO4. The van der Waals surface area contributed by atoms with Crippen LogP contribution >= 0.6 is 11.6 Å². The van der Waals surface area contributed by atoms with Gasteiger partial charge in [-0.05, 0) is 42.2 Å². The minimum atomic E-state index is -1.17. The van der Waals surface area contributed by atoms with Crippen molar-refractivity contribution in [3.63, 3.8) is 0 Å². The Morgan fingerprint density at radius 3 is 2.48 bits per heavy atom.